The maximum Gasteiger partial charge on any atom is 0.271 e. The van der Waals surface area contributed by atoms with Crippen LogP contribution < -0.4 is 15.0 Å². The zero-order valence-corrected chi connectivity index (χ0v) is 18.7. The van der Waals surface area contributed by atoms with Crippen LogP contribution in [0.15, 0.2) is 60.7 Å². The van der Waals surface area contributed by atoms with Gasteiger partial charge in [0.05, 0.1) is 12.2 Å². The van der Waals surface area contributed by atoms with Crippen LogP contribution >= 0.6 is 0 Å². The lowest BCUT2D eigenvalue weighted by molar-refractivity contribution is -0.132. The van der Waals surface area contributed by atoms with Crippen molar-refractivity contribution in [2.75, 3.05) is 10.2 Å². The lowest BCUT2D eigenvalue weighted by atomic mass is 10.0. The summed E-state index contributed by atoms with van der Waals surface area (Å²) in [5.74, 6) is -0.486. The van der Waals surface area contributed by atoms with Crippen LogP contribution in [-0.4, -0.2) is 17.4 Å². The van der Waals surface area contributed by atoms with Gasteiger partial charge in [0.1, 0.15) is 11.6 Å². The minimum atomic E-state index is -1.10. The van der Waals surface area contributed by atoms with Gasteiger partial charge in [-0.25, -0.2) is 4.39 Å². The van der Waals surface area contributed by atoms with Crippen LogP contribution in [0.25, 0.3) is 0 Å². The highest BCUT2D eigenvalue weighted by Gasteiger charge is 2.41. The number of hydrogen-bond donors (Lipinski definition) is 1. The van der Waals surface area contributed by atoms with E-state index in [0.29, 0.717) is 22.6 Å². The molecule has 1 aliphatic carbocycles. The summed E-state index contributed by atoms with van der Waals surface area (Å²) in [5.41, 5.74) is 3.48. The third kappa shape index (κ3) is 3.97. The van der Waals surface area contributed by atoms with Gasteiger partial charge in [-0.15, -0.1) is 0 Å². The minimum absolute atomic E-state index is 0.0428. The van der Waals surface area contributed by atoms with Gasteiger partial charge < -0.3 is 15.0 Å². The first kappa shape index (κ1) is 21.2. The van der Waals surface area contributed by atoms with E-state index in [1.807, 2.05) is 12.1 Å². The van der Waals surface area contributed by atoms with Gasteiger partial charge in [0.15, 0.2) is 5.60 Å². The van der Waals surface area contributed by atoms with Crippen molar-refractivity contribution in [3.8, 4) is 5.75 Å². The topological polar surface area (TPSA) is 58.6 Å². The molecular weight excluding hydrogens is 419 g/mol. The fraction of sp³-hybridized carbons (Fsp3) is 0.259. The molecule has 0 spiro atoms. The lowest BCUT2D eigenvalue weighted by Crippen LogP contribution is -2.52. The lowest BCUT2D eigenvalue weighted by Gasteiger charge is -2.39. The summed E-state index contributed by atoms with van der Waals surface area (Å²) < 4.78 is 20.3. The number of amides is 2. The number of fused-ring (bicyclic) bond motifs is 2. The van der Waals surface area contributed by atoms with Crippen LogP contribution in [0.1, 0.15) is 47.3 Å². The number of nitrogens with zero attached hydrogens (tertiary/aromatic N) is 1. The fourth-order valence-electron chi connectivity index (χ4n) is 4.52. The van der Waals surface area contributed by atoms with Gasteiger partial charge in [0, 0.05) is 16.8 Å². The van der Waals surface area contributed by atoms with E-state index in [1.165, 1.54) is 22.1 Å². The van der Waals surface area contributed by atoms with E-state index in [0.717, 1.165) is 24.9 Å². The molecule has 3 aromatic rings. The maximum absolute atomic E-state index is 14.4. The number of ether oxygens (including phenoxy) is 1. The average Bonchev–Trinajstić information content (AvgIpc) is 3.25. The van der Waals surface area contributed by atoms with Crippen molar-refractivity contribution in [1.29, 1.82) is 0 Å². The van der Waals surface area contributed by atoms with Crippen molar-refractivity contribution in [3.63, 3.8) is 0 Å². The number of benzene rings is 3. The highest BCUT2D eigenvalue weighted by Crippen LogP contribution is 2.39. The molecule has 5 nitrogen and oxygen atoms in total. The SMILES string of the molecule is CC1(C)Oc2ccc(C(=O)Nc3ccc4c(c3)CCC4)cc2N(Cc2ccccc2F)C1=O. The Bertz CT molecular complexity index is 1270. The number of nitrogens with one attached hydrogen (secondary N) is 1. The molecule has 2 amide bonds. The van der Waals surface area contributed by atoms with Crippen molar-refractivity contribution >= 4 is 23.2 Å². The summed E-state index contributed by atoms with van der Waals surface area (Å²) >= 11 is 0. The number of halogens is 1. The van der Waals surface area contributed by atoms with Crippen LogP contribution in [0.4, 0.5) is 15.8 Å². The van der Waals surface area contributed by atoms with Crippen LogP contribution in [0.5, 0.6) is 5.75 Å². The summed E-state index contributed by atoms with van der Waals surface area (Å²) in [4.78, 5) is 27.7. The molecule has 1 heterocycles. The Morgan fingerprint density at radius 2 is 1.85 bits per heavy atom. The van der Waals surface area contributed by atoms with Gasteiger partial charge in [-0.1, -0.05) is 24.3 Å². The summed E-state index contributed by atoms with van der Waals surface area (Å²) in [6, 6.07) is 17.4. The molecule has 1 aliphatic heterocycles. The zero-order valence-electron chi connectivity index (χ0n) is 18.7. The Morgan fingerprint density at radius 1 is 1.06 bits per heavy atom. The second kappa shape index (κ2) is 8.03. The molecule has 33 heavy (non-hydrogen) atoms. The first-order valence-electron chi connectivity index (χ1n) is 11.1. The smallest absolute Gasteiger partial charge is 0.271 e. The molecule has 2 aliphatic rings. The Labute approximate surface area is 192 Å². The van der Waals surface area contributed by atoms with E-state index >= 15 is 0 Å². The van der Waals surface area contributed by atoms with Gasteiger partial charge in [0.2, 0.25) is 0 Å². The van der Waals surface area contributed by atoms with Gasteiger partial charge in [-0.3, -0.25) is 9.59 Å². The highest BCUT2D eigenvalue weighted by atomic mass is 19.1. The third-order valence-electron chi connectivity index (χ3n) is 6.28. The minimum Gasteiger partial charge on any atom is -0.476 e. The average molecular weight is 445 g/mol. The van der Waals surface area contributed by atoms with Crippen molar-refractivity contribution in [2.24, 2.45) is 0 Å². The number of hydrogen-bond acceptors (Lipinski definition) is 3. The van der Waals surface area contributed by atoms with Crippen LogP contribution in [0.3, 0.4) is 0 Å². The molecule has 168 valence electrons. The first-order chi connectivity index (χ1) is 15.8. The summed E-state index contributed by atoms with van der Waals surface area (Å²) in [5, 5.41) is 2.95. The van der Waals surface area contributed by atoms with E-state index in [1.54, 1.807) is 50.2 Å². The van der Waals surface area contributed by atoms with Crippen LogP contribution in [-0.2, 0) is 24.2 Å². The van der Waals surface area contributed by atoms with Gasteiger partial charge in [0.25, 0.3) is 11.8 Å². The Hall–Kier alpha value is -3.67. The van der Waals surface area contributed by atoms with Crippen molar-refractivity contribution in [2.45, 2.75) is 45.3 Å². The standard InChI is InChI=1S/C27H25FN2O3/c1-27(2)26(32)30(16-20-6-3-4-9-22(20)28)23-15-19(11-13-24(23)33-27)25(31)29-21-12-10-17-7-5-8-18(17)14-21/h3-4,6,9-15H,5,7-8,16H2,1-2H3,(H,29,31). The van der Waals surface area contributed by atoms with Crippen LogP contribution in [0.2, 0.25) is 0 Å². The second-order valence-electron chi connectivity index (χ2n) is 9.07. The molecule has 6 heteroatoms. The fourth-order valence-corrected chi connectivity index (χ4v) is 4.52. The molecule has 0 radical (unpaired) electrons. The van der Waals surface area contributed by atoms with E-state index in [2.05, 4.69) is 11.4 Å². The predicted octanol–water partition coefficient (Wildman–Crippen LogP) is 5.27. The van der Waals surface area contributed by atoms with Crippen molar-refractivity contribution < 1.29 is 18.7 Å². The molecule has 0 saturated heterocycles. The second-order valence-corrected chi connectivity index (χ2v) is 9.07. The predicted molar refractivity (Wildman–Crippen MR) is 125 cm³/mol. The van der Waals surface area contributed by atoms with E-state index in [-0.39, 0.29) is 24.2 Å². The Morgan fingerprint density at radius 3 is 2.67 bits per heavy atom. The summed E-state index contributed by atoms with van der Waals surface area (Å²) in [7, 11) is 0. The van der Waals surface area contributed by atoms with Crippen LogP contribution in [0, 0.1) is 5.82 Å². The molecule has 5 rings (SSSR count). The number of rotatable bonds is 4. The number of anilines is 2. The normalized spacial score (nSPS) is 16.1. The van der Waals surface area contributed by atoms with Gasteiger partial charge in [-0.2, -0.15) is 0 Å². The maximum atomic E-state index is 14.4. The van der Waals surface area contributed by atoms with Gasteiger partial charge in [-0.05, 0) is 80.6 Å². The Kier molecular flexibility index (Phi) is 5.16. The van der Waals surface area contributed by atoms with E-state index in [9.17, 15) is 14.0 Å². The molecular formula is C27H25FN2O3. The molecule has 0 saturated carbocycles. The van der Waals surface area contributed by atoms with Crippen molar-refractivity contribution in [3.05, 3.63) is 88.7 Å². The largest absolute Gasteiger partial charge is 0.476 e. The summed E-state index contributed by atoms with van der Waals surface area (Å²) in [6.07, 6.45) is 3.24. The first-order valence-corrected chi connectivity index (χ1v) is 11.1. The molecule has 1 N–H and O–H groups in total. The third-order valence-corrected chi connectivity index (χ3v) is 6.28. The van der Waals surface area contributed by atoms with E-state index < -0.39 is 5.60 Å². The molecule has 0 bridgehead atoms. The van der Waals surface area contributed by atoms with Gasteiger partial charge >= 0.3 is 0 Å². The monoisotopic (exact) mass is 444 g/mol. The zero-order chi connectivity index (χ0) is 23.2. The quantitative estimate of drug-likeness (QED) is 0.596. The molecule has 0 aromatic heterocycles. The Balaban J connectivity index is 1.46. The van der Waals surface area contributed by atoms with E-state index in [4.69, 9.17) is 4.74 Å². The molecule has 3 aromatic carbocycles. The summed E-state index contributed by atoms with van der Waals surface area (Å²) in [6.45, 7) is 3.41. The molecule has 0 fully saturated rings. The molecule has 0 unspecified atom stereocenters. The number of carbonyl (C=O) groups is 2. The number of aryl methyl sites for hydroxylation is 2. The molecule has 0 atom stereocenters. The number of carbonyl (C=O) groups excluding carboxylic acids is 2. The van der Waals surface area contributed by atoms with Crippen molar-refractivity contribution in [1.82, 2.24) is 0 Å². The highest BCUT2D eigenvalue weighted by molar-refractivity contribution is 6.07.